The molecule has 0 aliphatic carbocycles. The van der Waals surface area contributed by atoms with E-state index in [4.69, 9.17) is 5.73 Å². The molecular formula is C19H38N6O. The first-order valence-corrected chi connectivity index (χ1v) is 9.92. The highest BCUT2D eigenvalue weighted by atomic mass is 16.1. The van der Waals surface area contributed by atoms with Crippen LogP contribution in [-0.2, 0) is 11.3 Å². The highest BCUT2D eigenvalue weighted by Crippen LogP contribution is 2.03. The molecule has 7 nitrogen and oxygen atoms in total. The van der Waals surface area contributed by atoms with Crippen LogP contribution < -0.4 is 11.1 Å². The summed E-state index contributed by atoms with van der Waals surface area (Å²) >= 11 is 0. The molecule has 0 atom stereocenters. The first kappa shape index (κ1) is 22.6. The molecule has 0 fully saturated rings. The van der Waals surface area contributed by atoms with Gasteiger partial charge in [0.05, 0.1) is 12.2 Å². The van der Waals surface area contributed by atoms with Gasteiger partial charge in [0.2, 0.25) is 5.91 Å². The molecule has 1 aromatic rings. The lowest BCUT2D eigenvalue weighted by molar-refractivity contribution is -0.121. The summed E-state index contributed by atoms with van der Waals surface area (Å²) in [6, 6.07) is 2.09. The molecule has 1 amide bonds. The number of hydrogen-bond donors (Lipinski definition) is 2. The van der Waals surface area contributed by atoms with Crippen LogP contribution >= 0.6 is 0 Å². The summed E-state index contributed by atoms with van der Waals surface area (Å²) in [5, 5.41) is 7.52. The Balaban J connectivity index is 2.25. The maximum Gasteiger partial charge on any atom is 0.220 e. The van der Waals surface area contributed by atoms with E-state index in [9.17, 15) is 4.79 Å². The van der Waals surface area contributed by atoms with E-state index < -0.39 is 0 Å². The molecule has 1 aromatic heterocycles. The van der Waals surface area contributed by atoms with Crippen molar-refractivity contribution in [3.8, 4) is 0 Å². The van der Waals surface area contributed by atoms with Crippen LogP contribution in [0.5, 0.6) is 0 Å². The van der Waals surface area contributed by atoms with Crippen LogP contribution in [0.3, 0.4) is 0 Å². The van der Waals surface area contributed by atoms with Gasteiger partial charge in [-0.05, 0) is 46.0 Å². The van der Waals surface area contributed by atoms with E-state index in [1.54, 1.807) is 0 Å². The first-order valence-electron chi connectivity index (χ1n) is 9.92. The van der Waals surface area contributed by atoms with Gasteiger partial charge in [-0.25, -0.2) is 0 Å². The summed E-state index contributed by atoms with van der Waals surface area (Å²) < 4.78 is 2.04. The topological polar surface area (TPSA) is 79.4 Å². The van der Waals surface area contributed by atoms with Crippen molar-refractivity contribution in [3.05, 3.63) is 17.5 Å². The molecule has 0 spiro atoms. The van der Waals surface area contributed by atoms with Crippen LogP contribution in [0.4, 0.5) is 0 Å². The number of aryl methyl sites for hydroxylation is 2. The van der Waals surface area contributed by atoms with Gasteiger partial charge in [0.25, 0.3) is 0 Å². The molecule has 0 saturated heterocycles. The van der Waals surface area contributed by atoms with Gasteiger partial charge in [0.1, 0.15) is 0 Å². The number of hydrogen-bond acceptors (Lipinski definition) is 5. The SMILES string of the molecule is CCN(CC)CCNC(=O)CCCN(CCN)CCn1nc(C)cc1C. The van der Waals surface area contributed by atoms with Crippen molar-refractivity contribution < 1.29 is 4.79 Å². The molecular weight excluding hydrogens is 328 g/mol. The minimum absolute atomic E-state index is 0.142. The summed E-state index contributed by atoms with van der Waals surface area (Å²) in [5.74, 6) is 0.142. The predicted octanol–water partition coefficient (Wildman–Crippen LogP) is 0.999. The third-order valence-electron chi connectivity index (χ3n) is 4.70. The van der Waals surface area contributed by atoms with Gasteiger partial charge in [-0.3, -0.25) is 9.48 Å². The Morgan fingerprint density at radius 1 is 1.15 bits per heavy atom. The number of carbonyl (C=O) groups is 1. The minimum Gasteiger partial charge on any atom is -0.355 e. The summed E-state index contributed by atoms with van der Waals surface area (Å²) in [5.41, 5.74) is 7.97. The van der Waals surface area contributed by atoms with Crippen molar-refractivity contribution in [1.82, 2.24) is 24.9 Å². The third kappa shape index (κ3) is 8.78. The molecule has 7 heteroatoms. The lowest BCUT2D eigenvalue weighted by atomic mass is 10.2. The number of rotatable bonds is 14. The van der Waals surface area contributed by atoms with Crippen molar-refractivity contribution in [1.29, 1.82) is 0 Å². The Labute approximate surface area is 158 Å². The highest BCUT2D eigenvalue weighted by Gasteiger charge is 2.08. The Bertz CT molecular complexity index is 512. The maximum absolute atomic E-state index is 12.0. The molecule has 0 aliphatic heterocycles. The van der Waals surface area contributed by atoms with E-state index in [0.29, 0.717) is 13.0 Å². The Morgan fingerprint density at radius 2 is 1.88 bits per heavy atom. The number of likely N-dealkylation sites (N-methyl/N-ethyl adjacent to an activating group) is 1. The zero-order valence-electron chi connectivity index (χ0n) is 17.1. The van der Waals surface area contributed by atoms with E-state index in [2.05, 4.69) is 47.1 Å². The molecule has 26 heavy (non-hydrogen) atoms. The van der Waals surface area contributed by atoms with Crippen LogP contribution in [0, 0.1) is 13.8 Å². The van der Waals surface area contributed by atoms with Gasteiger partial charge < -0.3 is 20.9 Å². The normalized spacial score (nSPS) is 11.5. The molecule has 1 heterocycles. The van der Waals surface area contributed by atoms with Crippen molar-refractivity contribution in [2.45, 2.75) is 47.1 Å². The molecule has 150 valence electrons. The second-order valence-electron chi connectivity index (χ2n) is 6.76. The Morgan fingerprint density at radius 3 is 2.46 bits per heavy atom. The van der Waals surface area contributed by atoms with Gasteiger partial charge in [-0.1, -0.05) is 13.8 Å². The van der Waals surface area contributed by atoms with Gasteiger partial charge in [0.15, 0.2) is 0 Å². The summed E-state index contributed by atoms with van der Waals surface area (Å²) in [6.07, 6.45) is 1.42. The predicted molar refractivity (Wildman–Crippen MR) is 107 cm³/mol. The fourth-order valence-corrected chi connectivity index (χ4v) is 3.10. The van der Waals surface area contributed by atoms with E-state index >= 15 is 0 Å². The fourth-order valence-electron chi connectivity index (χ4n) is 3.10. The minimum atomic E-state index is 0.142. The molecule has 0 aliphatic rings. The van der Waals surface area contributed by atoms with E-state index in [1.807, 2.05) is 11.6 Å². The van der Waals surface area contributed by atoms with Crippen LogP contribution in [0.1, 0.15) is 38.1 Å². The second kappa shape index (κ2) is 12.8. The lowest BCUT2D eigenvalue weighted by Gasteiger charge is -2.22. The van der Waals surface area contributed by atoms with Crippen LogP contribution in [-0.4, -0.2) is 77.8 Å². The molecule has 0 unspecified atom stereocenters. The number of aromatic nitrogens is 2. The molecule has 0 saturated carbocycles. The Hall–Kier alpha value is -1.44. The average Bonchev–Trinajstić information content (AvgIpc) is 2.94. The van der Waals surface area contributed by atoms with Gasteiger partial charge in [0, 0.05) is 44.8 Å². The zero-order chi connectivity index (χ0) is 19.4. The van der Waals surface area contributed by atoms with Gasteiger partial charge in [-0.2, -0.15) is 5.10 Å². The molecule has 1 rings (SSSR count). The smallest absolute Gasteiger partial charge is 0.220 e. The lowest BCUT2D eigenvalue weighted by Crippen LogP contribution is -2.36. The zero-order valence-corrected chi connectivity index (χ0v) is 17.1. The molecule has 0 radical (unpaired) electrons. The van der Waals surface area contributed by atoms with E-state index in [-0.39, 0.29) is 5.91 Å². The van der Waals surface area contributed by atoms with Crippen molar-refractivity contribution in [2.75, 3.05) is 52.4 Å². The van der Waals surface area contributed by atoms with Crippen molar-refractivity contribution >= 4 is 5.91 Å². The summed E-state index contributed by atoms with van der Waals surface area (Å²) in [6.45, 7) is 16.2. The Kier molecular flexibility index (Phi) is 11.2. The monoisotopic (exact) mass is 366 g/mol. The molecule has 3 N–H and O–H groups in total. The maximum atomic E-state index is 12.0. The summed E-state index contributed by atoms with van der Waals surface area (Å²) in [4.78, 5) is 16.6. The third-order valence-corrected chi connectivity index (χ3v) is 4.70. The van der Waals surface area contributed by atoms with Crippen molar-refractivity contribution in [3.63, 3.8) is 0 Å². The first-order chi connectivity index (χ1) is 12.5. The van der Waals surface area contributed by atoms with Crippen molar-refractivity contribution in [2.24, 2.45) is 5.73 Å². The number of amides is 1. The molecule has 0 aromatic carbocycles. The van der Waals surface area contributed by atoms with E-state index in [0.717, 1.165) is 64.5 Å². The standard InChI is InChI=1S/C19H38N6O/c1-5-23(6-2)13-10-21-19(26)8-7-11-24(12-9-20)14-15-25-18(4)16-17(3)22-25/h16H,5-15,20H2,1-4H3,(H,21,26). The highest BCUT2D eigenvalue weighted by molar-refractivity contribution is 5.75. The van der Waals surface area contributed by atoms with Crippen LogP contribution in [0.2, 0.25) is 0 Å². The molecule has 0 bridgehead atoms. The second-order valence-corrected chi connectivity index (χ2v) is 6.76. The fraction of sp³-hybridized carbons (Fsp3) is 0.789. The number of nitrogens with zero attached hydrogens (tertiary/aromatic N) is 4. The van der Waals surface area contributed by atoms with Gasteiger partial charge in [-0.15, -0.1) is 0 Å². The number of nitrogens with one attached hydrogen (secondary N) is 1. The van der Waals surface area contributed by atoms with E-state index in [1.165, 1.54) is 5.69 Å². The van der Waals surface area contributed by atoms with Crippen LogP contribution in [0.15, 0.2) is 6.07 Å². The quantitative estimate of drug-likeness (QED) is 0.513. The average molecular weight is 367 g/mol. The number of nitrogens with two attached hydrogens (primary N) is 1. The summed E-state index contributed by atoms with van der Waals surface area (Å²) in [7, 11) is 0. The number of carbonyl (C=O) groups excluding carboxylic acids is 1. The van der Waals surface area contributed by atoms with Crippen LogP contribution in [0.25, 0.3) is 0 Å². The van der Waals surface area contributed by atoms with Gasteiger partial charge >= 0.3 is 0 Å². The largest absolute Gasteiger partial charge is 0.355 e.